The maximum atomic E-state index is 11.6. The van der Waals surface area contributed by atoms with Crippen molar-refractivity contribution in [1.29, 1.82) is 0 Å². The van der Waals surface area contributed by atoms with Crippen molar-refractivity contribution in [2.45, 2.75) is 19.9 Å². The second-order valence-electron chi connectivity index (χ2n) is 4.85. The Labute approximate surface area is 114 Å². The molecule has 0 amide bonds. The lowest BCUT2D eigenvalue weighted by atomic mass is 10.3. The number of nitrogens with zero attached hydrogens (tertiary/aromatic N) is 2. The summed E-state index contributed by atoms with van der Waals surface area (Å²) in [5.74, 6) is 0.578. The van der Waals surface area contributed by atoms with E-state index in [0.29, 0.717) is 12.3 Å². The highest BCUT2D eigenvalue weighted by Gasteiger charge is 2.19. The summed E-state index contributed by atoms with van der Waals surface area (Å²) in [6.07, 6.45) is 2.51. The minimum Gasteiger partial charge on any atom is -0.385 e. The van der Waals surface area contributed by atoms with Crippen LogP contribution in [0.5, 0.6) is 0 Å². The second-order valence-corrected chi connectivity index (χ2v) is 7.15. The summed E-state index contributed by atoms with van der Waals surface area (Å²) >= 11 is 0. The van der Waals surface area contributed by atoms with E-state index in [1.165, 1.54) is 0 Å². The molecular weight excluding hydrogens is 262 g/mol. The molecule has 0 radical (unpaired) electrons. The van der Waals surface area contributed by atoms with Gasteiger partial charge in [0, 0.05) is 31.5 Å². The van der Waals surface area contributed by atoms with Crippen LogP contribution >= 0.6 is 0 Å². The van der Waals surface area contributed by atoms with E-state index in [9.17, 15) is 8.42 Å². The highest BCUT2D eigenvalue weighted by molar-refractivity contribution is 7.91. The van der Waals surface area contributed by atoms with Crippen molar-refractivity contribution in [3.63, 3.8) is 0 Å². The SMILES string of the molecule is CCNc1ccnc(CN2CCCS(=O)(=O)CC2)c1. The van der Waals surface area contributed by atoms with Crippen LogP contribution in [0.3, 0.4) is 0 Å². The van der Waals surface area contributed by atoms with E-state index in [4.69, 9.17) is 0 Å². The second kappa shape index (κ2) is 6.34. The van der Waals surface area contributed by atoms with E-state index in [0.717, 1.165) is 37.4 Å². The number of rotatable bonds is 4. The predicted octanol–water partition coefficient (Wildman–Crippen LogP) is 1.13. The van der Waals surface area contributed by atoms with Crippen molar-refractivity contribution >= 4 is 15.5 Å². The van der Waals surface area contributed by atoms with Crippen molar-refractivity contribution < 1.29 is 8.42 Å². The van der Waals surface area contributed by atoms with E-state index in [1.807, 2.05) is 12.1 Å². The molecule has 0 unspecified atom stereocenters. The van der Waals surface area contributed by atoms with E-state index in [-0.39, 0.29) is 5.75 Å². The molecule has 0 saturated carbocycles. The number of nitrogens with one attached hydrogen (secondary N) is 1. The van der Waals surface area contributed by atoms with E-state index in [1.54, 1.807) is 6.20 Å². The molecule has 1 aliphatic rings. The Kier molecular flexibility index (Phi) is 4.76. The zero-order valence-corrected chi connectivity index (χ0v) is 12.1. The van der Waals surface area contributed by atoms with Gasteiger partial charge < -0.3 is 5.32 Å². The average Bonchev–Trinajstić information content (AvgIpc) is 2.52. The van der Waals surface area contributed by atoms with Crippen molar-refractivity contribution in [2.75, 3.05) is 36.5 Å². The average molecular weight is 283 g/mol. The molecule has 1 aromatic rings. The molecule has 1 aliphatic heterocycles. The van der Waals surface area contributed by atoms with Crippen LogP contribution in [0.2, 0.25) is 0 Å². The van der Waals surface area contributed by atoms with Gasteiger partial charge in [0.05, 0.1) is 17.2 Å². The van der Waals surface area contributed by atoms with Gasteiger partial charge in [-0.05, 0) is 32.0 Å². The lowest BCUT2D eigenvalue weighted by Gasteiger charge is -2.18. The fourth-order valence-electron chi connectivity index (χ4n) is 2.26. The molecule has 106 valence electrons. The lowest BCUT2D eigenvalue weighted by Crippen LogP contribution is -2.27. The third-order valence-electron chi connectivity index (χ3n) is 3.23. The molecule has 0 aliphatic carbocycles. The van der Waals surface area contributed by atoms with Gasteiger partial charge in [-0.15, -0.1) is 0 Å². The van der Waals surface area contributed by atoms with Crippen molar-refractivity contribution in [3.05, 3.63) is 24.0 Å². The zero-order chi connectivity index (χ0) is 13.7. The number of anilines is 1. The quantitative estimate of drug-likeness (QED) is 0.897. The smallest absolute Gasteiger partial charge is 0.151 e. The maximum Gasteiger partial charge on any atom is 0.151 e. The minimum atomic E-state index is -2.84. The molecule has 1 fully saturated rings. The van der Waals surface area contributed by atoms with Crippen molar-refractivity contribution in [2.24, 2.45) is 0 Å². The van der Waals surface area contributed by atoms with Gasteiger partial charge >= 0.3 is 0 Å². The zero-order valence-electron chi connectivity index (χ0n) is 11.3. The first-order chi connectivity index (χ1) is 9.09. The summed E-state index contributed by atoms with van der Waals surface area (Å²) in [5.41, 5.74) is 2.05. The molecule has 19 heavy (non-hydrogen) atoms. The Bertz CT molecular complexity index is 516. The first kappa shape index (κ1) is 14.3. The van der Waals surface area contributed by atoms with Gasteiger partial charge in [-0.1, -0.05) is 0 Å². The molecule has 2 heterocycles. The molecule has 2 rings (SSSR count). The van der Waals surface area contributed by atoms with Gasteiger partial charge in [0.2, 0.25) is 0 Å². The van der Waals surface area contributed by atoms with Crippen LogP contribution in [-0.2, 0) is 16.4 Å². The first-order valence-corrected chi connectivity index (χ1v) is 8.53. The summed E-state index contributed by atoms with van der Waals surface area (Å²) in [6.45, 7) is 5.09. The standard InChI is InChI=1S/C13H21N3O2S/c1-2-14-12-4-5-15-13(10-12)11-16-6-3-8-19(17,18)9-7-16/h4-5,10H,2-3,6-9,11H2,1H3,(H,14,15). The monoisotopic (exact) mass is 283 g/mol. The highest BCUT2D eigenvalue weighted by atomic mass is 32.2. The first-order valence-electron chi connectivity index (χ1n) is 6.70. The highest BCUT2D eigenvalue weighted by Crippen LogP contribution is 2.12. The van der Waals surface area contributed by atoms with Crippen LogP contribution in [0, 0.1) is 0 Å². The summed E-state index contributed by atoms with van der Waals surface area (Å²) in [5, 5.41) is 3.26. The van der Waals surface area contributed by atoms with Crippen molar-refractivity contribution in [3.8, 4) is 0 Å². The molecule has 6 heteroatoms. The normalized spacial score (nSPS) is 19.8. The van der Waals surface area contributed by atoms with Gasteiger partial charge in [0.1, 0.15) is 0 Å². The minimum absolute atomic E-state index is 0.264. The summed E-state index contributed by atoms with van der Waals surface area (Å²) in [4.78, 5) is 6.52. The Morgan fingerprint density at radius 1 is 1.37 bits per heavy atom. The number of hydrogen-bond donors (Lipinski definition) is 1. The fourth-order valence-corrected chi connectivity index (χ4v) is 3.57. The van der Waals surface area contributed by atoms with E-state index in [2.05, 4.69) is 22.1 Å². The van der Waals surface area contributed by atoms with Gasteiger partial charge in [-0.2, -0.15) is 0 Å². The summed E-state index contributed by atoms with van der Waals surface area (Å²) in [6, 6.07) is 3.97. The summed E-state index contributed by atoms with van der Waals surface area (Å²) in [7, 11) is -2.84. The lowest BCUT2D eigenvalue weighted by molar-refractivity contribution is 0.284. The molecule has 1 saturated heterocycles. The molecule has 0 bridgehead atoms. The third kappa shape index (κ3) is 4.47. The number of hydrogen-bond acceptors (Lipinski definition) is 5. The number of aromatic nitrogens is 1. The fraction of sp³-hybridized carbons (Fsp3) is 0.615. The van der Waals surface area contributed by atoms with Gasteiger partial charge in [-0.3, -0.25) is 9.88 Å². The van der Waals surface area contributed by atoms with Gasteiger partial charge in [-0.25, -0.2) is 8.42 Å². The molecular formula is C13H21N3O2S. The van der Waals surface area contributed by atoms with Crippen LogP contribution in [-0.4, -0.2) is 49.4 Å². The Morgan fingerprint density at radius 3 is 3.00 bits per heavy atom. The van der Waals surface area contributed by atoms with Crippen LogP contribution < -0.4 is 5.32 Å². The molecule has 1 N–H and O–H groups in total. The molecule has 0 spiro atoms. The maximum absolute atomic E-state index is 11.6. The Morgan fingerprint density at radius 2 is 2.21 bits per heavy atom. The Hall–Kier alpha value is -1.14. The molecule has 0 atom stereocenters. The summed E-state index contributed by atoms with van der Waals surface area (Å²) < 4.78 is 23.1. The van der Waals surface area contributed by atoms with Crippen LogP contribution in [0.1, 0.15) is 19.0 Å². The molecule has 1 aromatic heterocycles. The van der Waals surface area contributed by atoms with Gasteiger partial charge in [0.25, 0.3) is 0 Å². The van der Waals surface area contributed by atoms with Crippen LogP contribution in [0.4, 0.5) is 5.69 Å². The predicted molar refractivity (Wildman–Crippen MR) is 76.9 cm³/mol. The molecule has 0 aromatic carbocycles. The van der Waals surface area contributed by atoms with Gasteiger partial charge in [0.15, 0.2) is 9.84 Å². The van der Waals surface area contributed by atoms with Crippen LogP contribution in [0.15, 0.2) is 18.3 Å². The number of sulfone groups is 1. The van der Waals surface area contributed by atoms with Crippen molar-refractivity contribution in [1.82, 2.24) is 9.88 Å². The van der Waals surface area contributed by atoms with Crippen LogP contribution in [0.25, 0.3) is 0 Å². The third-order valence-corrected chi connectivity index (χ3v) is 4.95. The number of pyridine rings is 1. The van der Waals surface area contributed by atoms with E-state index >= 15 is 0 Å². The Balaban J connectivity index is 1.98. The topological polar surface area (TPSA) is 62.3 Å². The molecule has 5 nitrogen and oxygen atoms in total. The largest absolute Gasteiger partial charge is 0.385 e. The van der Waals surface area contributed by atoms with E-state index < -0.39 is 9.84 Å².